The Morgan fingerprint density at radius 2 is 1.82 bits per heavy atom. The predicted octanol–water partition coefficient (Wildman–Crippen LogP) is 6.74. The Morgan fingerprint density at radius 1 is 1.12 bits per heavy atom. The molecule has 0 aromatic heterocycles. The average molecular weight is 594 g/mol. The molecular formula is C32H48ClNO5S. The molecule has 0 heterocycles. The highest BCUT2D eigenvalue weighted by Gasteiger charge is 2.64. The maximum Gasteiger partial charge on any atom is 0.449 e. The molecule has 4 saturated carbocycles. The smallest absolute Gasteiger partial charge is 0.449 e. The number of hydrogen-bond acceptors (Lipinski definition) is 5. The van der Waals surface area contributed by atoms with Gasteiger partial charge in [0.25, 0.3) is 0 Å². The molecule has 224 valence electrons. The summed E-state index contributed by atoms with van der Waals surface area (Å²) in [4.78, 5) is 12.7. The average Bonchev–Trinajstić information content (AvgIpc) is 3.27. The molecule has 0 spiro atoms. The van der Waals surface area contributed by atoms with E-state index >= 15 is 0 Å². The summed E-state index contributed by atoms with van der Waals surface area (Å²) in [6.45, 7) is 9.72. The second-order valence-corrected chi connectivity index (χ2v) is 15.4. The van der Waals surface area contributed by atoms with E-state index in [1.807, 2.05) is 0 Å². The van der Waals surface area contributed by atoms with Crippen molar-refractivity contribution in [2.75, 3.05) is 6.61 Å². The molecule has 1 aromatic carbocycles. The molecule has 4 aliphatic rings. The van der Waals surface area contributed by atoms with Crippen LogP contribution in [0.1, 0.15) is 85.5 Å². The molecule has 0 saturated heterocycles. The Bertz CT molecular complexity index is 1060. The van der Waals surface area contributed by atoms with Gasteiger partial charge in [0.1, 0.15) is 11.4 Å². The number of fused-ring (bicyclic) bond motifs is 5. The number of hydrogen-bond donors (Lipinski definition) is 3. The predicted molar refractivity (Wildman–Crippen MR) is 158 cm³/mol. The minimum Gasteiger partial charge on any atom is -0.588 e. The number of halogens is 1. The van der Waals surface area contributed by atoms with Crippen molar-refractivity contribution >= 4 is 29.1 Å². The van der Waals surface area contributed by atoms with Gasteiger partial charge in [0.05, 0.1) is 23.8 Å². The Kier molecular flexibility index (Phi) is 9.10. The fraction of sp³-hybridized carbons (Fsp3) is 0.781. The Balaban J connectivity index is 1.21. The zero-order valence-electron chi connectivity index (χ0n) is 24.5. The molecule has 4 unspecified atom stereocenters. The van der Waals surface area contributed by atoms with Crippen molar-refractivity contribution in [1.82, 2.24) is 4.72 Å². The highest BCUT2D eigenvalue weighted by molar-refractivity contribution is 7.90. The van der Waals surface area contributed by atoms with Gasteiger partial charge in [-0.1, -0.05) is 57.8 Å². The van der Waals surface area contributed by atoms with Crippen LogP contribution in [0.25, 0.3) is 0 Å². The lowest BCUT2D eigenvalue weighted by Crippen LogP contribution is -2.62. The molecule has 8 heteroatoms. The number of rotatable bonds is 7. The molecule has 1 aromatic rings. The van der Waals surface area contributed by atoms with Crippen LogP contribution in [0.5, 0.6) is 0 Å². The molecule has 0 aliphatic heterocycles. The van der Waals surface area contributed by atoms with Crippen LogP contribution in [0.3, 0.4) is 0 Å². The lowest BCUT2D eigenvalue weighted by atomic mass is 9.41. The van der Waals surface area contributed by atoms with Crippen LogP contribution in [-0.2, 0) is 16.1 Å². The summed E-state index contributed by atoms with van der Waals surface area (Å²) in [6, 6.07) is 6.73. The monoisotopic (exact) mass is 593 g/mol. The number of carbonyl (C=O) groups excluding carboxylic acids is 1. The van der Waals surface area contributed by atoms with E-state index in [1.165, 1.54) is 6.42 Å². The lowest BCUT2D eigenvalue weighted by Gasteiger charge is -2.64. The molecule has 0 bridgehead atoms. The number of carbonyl (C=O) groups is 1. The van der Waals surface area contributed by atoms with Gasteiger partial charge >= 0.3 is 6.09 Å². The molecular weight excluding hydrogens is 546 g/mol. The number of ether oxygens (including phenoxy) is 1. The van der Waals surface area contributed by atoms with Gasteiger partial charge in [0.15, 0.2) is 4.90 Å². The maximum atomic E-state index is 12.5. The summed E-state index contributed by atoms with van der Waals surface area (Å²) in [6.07, 6.45) is 7.98. The SMILES string of the molecule is CC[C@@H]1C2C[C@H](O)CC[C@@]2(C)[C@H]2CCC3(C)[C@@H]([C@H](C)CCOC(=O)N[S+]([O-])c4ccccc4Cl)CC[C@H]3C2[C@@H]1O. The summed E-state index contributed by atoms with van der Waals surface area (Å²) in [5.41, 5.74) is 0.380. The van der Waals surface area contributed by atoms with Gasteiger partial charge in [-0.2, -0.15) is 0 Å². The number of nitrogens with one attached hydrogen (secondary N) is 1. The van der Waals surface area contributed by atoms with Gasteiger partial charge in [0, 0.05) is 0 Å². The maximum absolute atomic E-state index is 12.5. The van der Waals surface area contributed by atoms with Crippen molar-refractivity contribution in [2.45, 2.75) is 103 Å². The highest BCUT2D eigenvalue weighted by Crippen LogP contribution is 2.69. The first kappa shape index (κ1) is 30.5. The first-order chi connectivity index (χ1) is 19.0. The third-order valence-electron chi connectivity index (χ3n) is 12.2. The zero-order chi connectivity index (χ0) is 28.8. The summed E-state index contributed by atoms with van der Waals surface area (Å²) in [7, 11) is 0. The second kappa shape index (κ2) is 11.9. The van der Waals surface area contributed by atoms with Crippen LogP contribution >= 0.6 is 11.6 Å². The Morgan fingerprint density at radius 3 is 2.55 bits per heavy atom. The van der Waals surface area contributed by atoms with E-state index < -0.39 is 17.5 Å². The molecule has 12 atom stereocenters. The molecule has 1 amide bonds. The van der Waals surface area contributed by atoms with Crippen molar-refractivity contribution in [3.8, 4) is 0 Å². The third kappa shape index (κ3) is 5.32. The topological polar surface area (TPSA) is 102 Å². The molecule has 4 fully saturated rings. The Hall–Kier alpha value is -0.990. The number of aliphatic hydroxyl groups is 2. The van der Waals surface area contributed by atoms with Crippen molar-refractivity contribution < 1.29 is 24.3 Å². The fourth-order valence-electron chi connectivity index (χ4n) is 10.2. The van der Waals surface area contributed by atoms with Gasteiger partial charge in [0.2, 0.25) is 0 Å². The normalized spacial score (nSPS) is 42.2. The van der Waals surface area contributed by atoms with Crippen LogP contribution in [0.2, 0.25) is 5.02 Å². The van der Waals surface area contributed by atoms with Crippen molar-refractivity contribution in [2.24, 2.45) is 52.3 Å². The third-order valence-corrected chi connectivity index (χ3v) is 13.7. The van der Waals surface area contributed by atoms with Crippen LogP contribution in [0.4, 0.5) is 4.79 Å². The van der Waals surface area contributed by atoms with E-state index in [-0.39, 0.29) is 35.6 Å². The molecule has 0 radical (unpaired) electrons. The highest BCUT2D eigenvalue weighted by atomic mass is 35.5. The lowest BCUT2D eigenvalue weighted by molar-refractivity contribution is -0.203. The van der Waals surface area contributed by atoms with Crippen LogP contribution in [-0.4, -0.2) is 39.7 Å². The van der Waals surface area contributed by atoms with Gasteiger partial charge in [-0.15, -0.1) is 4.72 Å². The van der Waals surface area contributed by atoms with Crippen molar-refractivity contribution in [3.05, 3.63) is 29.3 Å². The van der Waals surface area contributed by atoms with Crippen molar-refractivity contribution in [3.63, 3.8) is 0 Å². The standard InChI is InChI=1S/C32H48ClNO5S/c1-5-21-25-18-20(35)12-15-32(25,4)24-13-16-31(3)22(10-11-23(31)28(24)29(21)36)19(2)14-17-39-30(37)34-40(38)27-9-7-6-8-26(27)33/h6-9,19-25,28-29,35-36H,5,10-18H2,1-4H3,(H,34,37)/t19-,20-,21-,22-,23+,24+,25?,28?,29-,31?,32+,40?/m1/s1. The molecule has 40 heavy (non-hydrogen) atoms. The minimum atomic E-state index is -1.77. The van der Waals surface area contributed by atoms with E-state index in [4.69, 9.17) is 16.3 Å². The van der Waals surface area contributed by atoms with Crippen LogP contribution in [0.15, 0.2) is 29.2 Å². The van der Waals surface area contributed by atoms with Gasteiger partial charge in [-0.25, -0.2) is 4.79 Å². The minimum absolute atomic E-state index is 0.172. The largest absolute Gasteiger partial charge is 0.588 e. The van der Waals surface area contributed by atoms with E-state index in [0.717, 1.165) is 51.4 Å². The molecule has 5 rings (SSSR count). The summed E-state index contributed by atoms with van der Waals surface area (Å²) >= 11 is 4.33. The van der Waals surface area contributed by atoms with Gasteiger partial charge in [-0.05, 0) is 116 Å². The first-order valence-corrected chi connectivity index (χ1v) is 17.0. The zero-order valence-corrected chi connectivity index (χ0v) is 26.1. The molecule has 6 nitrogen and oxygen atoms in total. The first-order valence-electron chi connectivity index (χ1n) is 15.5. The van der Waals surface area contributed by atoms with E-state index in [1.54, 1.807) is 24.3 Å². The van der Waals surface area contributed by atoms with E-state index in [9.17, 15) is 19.6 Å². The Labute approximate surface area is 248 Å². The summed E-state index contributed by atoms with van der Waals surface area (Å²) < 4.78 is 20.3. The van der Waals surface area contributed by atoms with E-state index in [2.05, 4.69) is 32.4 Å². The fourth-order valence-corrected chi connectivity index (χ4v) is 11.3. The second-order valence-electron chi connectivity index (χ2n) is 13.8. The van der Waals surface area contributed by atoms with Gasteiger partial charge in [-0.3, -0.25) is 0 Å². The molecule has 4 aliphatic carbocycles. The quantitative estimate of drug-likeness (QED) is 0.304. The van der Waals surface area contributed by atoms with E-state index in [0.29, 0.717) is 45.4 Å². The van der Waals surface area contributed by atoms with Crippen LogP contribution in [0, 0.1) is 52.3 Å². The van der Waals surface area contributed by atoms with Crippen LogP contribution < -0.4 is 4.72 Å². The molecule has 3 N–H and O–H groups in total. The summed E-state index contributed by atoms with van der Waals surface area (Å²) in [5, 5.41) is 22.7. The summed E-state index contributed by atoms with van der Waals surface area (Å²) in [5.74, 6) is 2.95. The van der Waals surface area contributed by atoms with Gasteiger partial charge < -0.3 is 19.5 Å². The van der Waals surface area contributed by atoms with Crippen molar-refractivity contribution in [1.29, 1.82) is 0 Å². The number of benzene rings is 1. The number of aliphatic hydroxyl groups excluding tert-OH is 2. The number of amides is 1.